The minimum atomic E-state index is -4.66. The van der Waals surface area contributed by atoms with Crippen molar-refractivity contribution in [1.29, 1.82) is 0 Å². The smallest absolute Gasteiger partial charge is 0.419 e. The van der Waals surface area contributed by atoms with Gasteiger partial charge in [0.2, 0.25) is 5.95 Å². The Hall–Kier alpha value is -4.19. The first kappa shape index (κ1) is 26.9. The number of halogens is 3. The van der Waals surface area contributed by atoms with Gasteiger partial charge in [0.05, 0.1) is 37.0 Å². The van der Waals surface area contributed by atoms with E-state index < -0.39 is 11.7 Å². The Morgan fingerprint density at radius 3 is 2.47 bits per heavy atom. The summed E-state index contributed by atoms with van der Waals surface area (Å²) in [6, 6.07) is 8.49. The highest BCUT2D eigenvalue weighted by molar-refractivity contribution is 5.96. The zero-order valence-corrected chi connectivity index (χ0v) is 21.8. The highest BCUT2D eigenvalue weighted by Crippen LogP contribution is 2.40. The SMILES string of the molecule is COc1ccc2c(-c3nc(Nc4cc(N)c(N(C)CCN(C)C)cc4OC)ncc3C(F)(F)F)c[nH]c2c1. The lowest BCUT2D eigenvalue weighted by Crippen LogP contribution is -2.29. The number of fused-ring (bicyclic) bond motifs is 1. The quantitative estimate of drug-likeness (QED) is 0.261. The zero-order valence-electron chi connectivity index (χ0n) is 21.8. The second kappa shape index (κ2) is 10.7. The van der Waals surface area contributed by atoms with Gasteiger partial charge in [-0.05, 0) is 32.3 Å². The molecule has 0 spiro atoms. The topological polar surface area (TPSA) is 105 Å². The normalized spacial score (nSPS) is 11.7. The highest BCUT2D eigenvalue weighted by Gasteiger charge is 2.36. The number of likely N-dealkylation sites (N-methyl/N-ethyl adjacent to an activating group) is 2. The molecule has 2 aromatic carbocycles. The molecular weight excluding hydrogens is 499 g/mol. The molecule has 202 valence electrons. The first-order valence-electron chi connectivity index (χ1n) is 11.7. The van der Waals surface area contributed by atoms with Gasteiger partial charge in [0.15, 0.2) is 0 Å². The Bertz CT molecular complexity index is 1440. The summed E-state index contributed by atoms with van der Waals surface area (Å²) in [5.74, 6) is 0.977. The van der Waals surface area contributed by atoms with E-state index in [1.165, 1.54) is 20.4 Å². The average Bonchev–Trinajstić information content (AvgIpc) is 3.29. The minimum Gasteiger partial charge on any atom is -0.497 e. The number of aromatic nitrogens is 3. The lowest BCUT2D eigenvalue weighted by atomic mass is 10.1. The third-order valence-electron chi connectivity index (χ3n) is 6.13. The van der Waals surface area contributed by atoms with E-state index in [1.807, 2.05) is 26.0 Å². The number of anilines is 4. The maximum atomic E-state index is 13.9. The second-order valence-electron chi connectivity index (χ2n) is 9.03. The van der Waals surface area contributed by atoms with Crippen molar-refractivity contribution >= 4 is 33.9 Å². The number of methoxy groups -OCH3 is 2. The Morgan fingerprint density at radius 1 is 1.05 bits per heavy atom. The average molecular weight is 530 g/mol. The number of nitrogens with one attached hydrogen (secondary N) is 2. The largest absolute Gasteiger partial charge is 0.497 e. The molecule has 38 heavy (non-hydrogen) atoms. The third-order valence-corrected chi connectivity index (χ3v) is 6.13. The predicted octanol–water partition coefficient (Wildman–Crippen LogP) is 4.98. The van der Waals surface area contributed by atoms with Crippen LogP contribution in [0.3, 0.4) is 0 Å². The van der Waals surface area contributed by atoms with Crippen LogP contribution in [0.15, 0.2) is 42.7 Å². The molecule has 4 aromatic rings. The molecule has 12 heteroatoms. The fourth-order valence-corrected chi connectivity index (χ4v) is 4.06. The molecule has 4 N–H and O–H groups in total. The van der Waals surface area contributed by atoms with Gasteiger partial charge >= 0.3 is 6.18 Å². The van der Waals surface area contributed by atoms with Crippen LogP contribution < -0.4 is 25.4 Å². The molecule has 0 amide bonds. The van der Waals surface area contributed by atoms with E-state index in [-0.39, 0.29) is 17.2 Å². The Kier molecular flexibility index (Phi) is 7.53. The van der Waals surface area contributed by atoms with Gasteiger partial charge in [-0.15, -0.1) is 0 Å². The number of benzene rings is 2. The van der Waals surface area contributed by atoms with Gasteiger partial charge in [-0.1, -0.05) is 0 Å². The van der Waals surface area contributed by atoms with Crippen molar-refractivity contribution in [2.75, 3.05) is 64.4 Å². The molecule has 2 aromatic heterocycles. The molecule has 0 aliphatic rings. The van der Waals surface area contributed by atoms with E-state index in [1.54, 1.807) is 30.3 Å². The molecule has 0 aliphatic heterocycles. The van der Waals surface area contributed by atoms with Gasteiger partial charge < -0.3 is 35.3 Å². The van der Waals surface area contributed by atoms with Crippen molar-refractivity contribution in [3.05, 3.63) is 48.3 Å². The van der Waals surface area contributed by atoms with Gasteiger partial charge in [-0.2, -0.15) is 13.2 Å². The van der Waals surface area contributed by atoms with Crippen LogP contribution in [0.25, 0.3) is 22.2 Å². The molecule has 0 aliphatic carbocycles. The minimum absolute atomic E-state index is 0.0396. The molecule has 0 radical (unpaired) electrons. The zero-order chi connectivity index (χ0) is 27.6. The van der Waals surface area contributed by atoms with Gasteiger partial charge in [0, 0.05) is 61.1 Å². The Morgan fingerprint density at radius 2 is 1.82 bits per heavy atom. The van der Waals surface area contributed by atoms with Crippen LogP contribution in [0.1, 0.15) is 5.56 Å². The Balaban J connectivity index is 1.74. The van der Waals surface area contributed by atoms with E-state index in [2.05, 4.69) is 25.2 Å². The van der Waals surface area contributed by atoms with Crippen molar-refractivity contribution in [3.63, 3.8) is 0 Å². The standard InChI is InChI=1S/C26H30F3N7O2/c1-35(2)8-9-36(3)22-12-23(38-5)21(11-19(22)30)33-25-32-14-18(26(27,28)29)24(34-25)17-13-31-20-10-15(37-4)6-7-16(17)20/h6-7,10-14,31H,8-9,30H2,1-5H3,(H,32,33,34). The van der Waals surface area contributed by atoms with E-state index in [0.29, 0.717) is 33.8 Å². The number of nitrogens with zero attached hydrogens (tertiary/aromatic N) is 4. The van der Waals surface area contributed by atoms with Crippen molar-refractivity contribution in [2.24, 2.45) is 0 Å². The highest BCUT2D eigenvalue weighted by atomic mass is 19.4. The van der Waals surface area contributed by atoms with Crippen LogP contribution in [0, 0.1) is 0 Å². The summed E-state index contributed by atoms with van der Waals surface area (Å²) in [7, 11) is 8.90. The molecule has 0 saturated heterocycles. The van der Waals surface area contributed by atoms with Gasteiger partial charge in [-0.3, -0.25) is 0 Å². The van der Waals surface area contributed by atoms with E-state index >= 15 is 0 Å². The number of aromatic amines is 1. The molecule has 0 saturated carbocycles. The summed E-state index contributed by atoms with van der Waals surface area (Å²) in [4.78, 5) is 15.3. The number of H-pyrrole nitrogens is 1. The van der Waals surface area contributed by atoms with Crippen molar-refractivity contribution in [3.8, 4) is 22.8 Å². The summed E-state index contributed by atoms with van der Waals surface area (Å²) in [5, 5.41) is 3.54. The first-order chi connectivity index (χ1) is 18.0. The summed E-state index contributed by atoms with van der Waals surface area (Å²) >= 11 is 0. The predicted molar refractivity (Wildman–Crippen MR) is 143 cm³/mol. The molecule has 9 nitrogen and oxygen atoms in total. The van der Waals surface area contributed by atoms with Crippen LogP contribution >= 0.6 is 0 Å². The van der Waals surface area contributed by atoms with Crippen molar-refractivity contribution in [1.82, 2.24) is 19.9 Å². The van der Waals surface area contributed by atoms with E-state index in [4.69, 9.17) is 15.2 Å². The number of hydrogen-bond donors (Lipinski definition) is 3. The number of ether oxygens (including phenoxy) is 2. The maximum absolute atomic E-state index is 13.9. The van der Waals surface area contributed by atoms with Crippen molar-refractivity contribution < 1.29 is 22.6 Å². The second-order valence-corrected chi connectivity index (χ2v) is 9.03. The number of hydrogen-bond acceptors (Lipinski definition) is 8. The summed E-state index contributed by atoms with van der Waals surface area (Å²) in [6.45, 7) is 1.55. The Labute approximate surface area is 218 Å². The summed E-state index contributed by atoms with van der Waals surface area (Å²) in [5.41, 5.74) is 7.65. The fourth-order valence-electron chi connectivity index (χ4n) is 4.06. The van der Waals surface area contributed by atoms with Gasteiger partial charge in [0.25, 0.3) is 0 Å². The fraction of sp³-hybridized carbons (Fsp3) is 0.308. The van der Waals surface area contributed by atoms with Crippen molar-refractivity contribution in [2.45, 2.75) is 6.18 Å². The van der Waals surface area contributed by atoms with Gasteiger partial charge in [0.1, 0.15) is 17.1 Å². The van der Waals surface area contributed by atoms with Crippen LogP contribution in [-0.2, 0) is 6.18 Å². The van der Waals surface area contributed by atoms with E-state index in [0.717, 1.165) is 25.0 Å². The molecular formula is C26H30F3N7O2. The lowest BCUT2D eigenvalue weighted by Gasteiger charge is -2.24. The molecule has 0 atom stereocenters. The number of nitrogen functional groups attached to an aromatic ring is 1. The summed E-state index contributed by atoms with van der Waals surface area (Å²) < 4.78 is 52.6. The first-order valence-corrected chi connectivity index (χ1v) is 11.7. The summed E-state index contributed by atoms with van der Waals surface area (Å²) in [6.07, 6.45) is -2.40. The molecule has 0 unspecified atom stereocenters. The van der Waals surface area contributed by atoms with Crippen LogP contribution in [0.2, 0.25) is 0 Å². The monoisotopic (exact) mass is 529 g/mol. The number of nitrogens with two attached hydrogens (primary N) is 1. The molecule has 0 fully saturated rings. The van der Waals surface area contributed by atoms with Crippen LogP contribution in [0.4, 0.5) is 36.2 Å². The maximum Gasteiger partial charge on any atom is 0.419 e. The molecule has 0 bridgehead atoms. The molecule has 4 rings (SSSR count). The number of rotatable bonds is 9. The molecule has 2 heterocycles. The third kappa shape index (κ3) is 5.54. The van der Waals surface area contributed by atoms with Crippen LogP contribution in [0.5, 0.6) is 11.5 Å². The van der Waals surface area contributed by atoms with Crippen LogP contribution in [-0.4, -0.2) is 68.3 Å². The van der Waals surface area contributed by atoms with E-state index in [9.17, 15) is 13.2 Å². The lowest BCUT2D eigenvalue weighted by molar-refractivity contribution is -0.137. The number of alkyl halides is 3. The van der Waals surface area contributed by atoms with Gasteiger partial charge in [-0.25, -0.2) is 9.97 Å².